The van der Waals surface area contributed by atoms with Crippen molar-refractivity contribution in [1.29, 1.82) is 0 Å². The van der Waals surface area contributed by atoms with Crippen molar-refractivity contribution in [3.63, 3.8) is 0 Å². The molecule has 0 radical (unpaired) electrons. The molecule has 0 saturated heterocycles. The van der Waals surface area contributed by atoms with Crippen molar-refractivity contribution < 1.29 is 9.13 Å². The van der Waals surface area contributed by atoms with Gasteiger partial charge in [0.05, 0.1) is 18.1 Å². The Hall–Kier alpha value is -1.82. The van der Waals surface area contributed by atoms with Gasteiger partial charge in [0.15, 0.2) is 11.9 Å². The maximum Gasteiger partial charge on any atom is 0.189 e. The first-order chi connectivity index (χ1) is 8.70. The Bertz CT molecular complexity index is 622. The Morgan fingerprint density at radius 1 is 1.39 bits per heavy atom. The van der Waals surface area contributed by atoms with E-state index >= 15 is 0 Å². The molecule has 3 rings (SSSR count). The molecule has 2 atom stereocenters. The lowest BCUT2D eigenvalue weighted by Crippen LogP contribution is -2.12. The zero-order chi connectivity index (χ0) is 12.7. The molecule has 0 spiro atoms. The second-order valence-electron chi connectivity index (χ2n) is 4.27. The summed E-state index contributed by atoms with van der Waals surface area (Å²) < 4.78 is 21.1. The molecular formula is C12H13FN4O. The lowest BCUT2D eigenvalue weighted by Gasteiger charge is -2.14. The van der Waals surface area contributed by atoms with E-state index in [1.165, 1.54) is 12.4 Å². The summed E-state index contributed by atoms with van der Waals surface area (Å²) in [4.78, 5) is 12.4. The fourth-order valence-electron chi connectivity index (χ4n) is 2.08. The second kappa shape index (κ2) is 4.13. The molecule has 3 heterocycles. The third-order valence-corrected chi connectivity index (χ3v) is 3.08. The second-order valence-corrected chi connectivity index (χ2v) is 4.27. The number of fused-ring (bicyclic) bond motifs is 1. The van der Waals surface area contributed by atoms with Crippen LogP contribution in [-0.2, 0) is 4.74 Å². The molecule has 2 aromatic heterocycles. The summed E-state index contributed by atoms with van der Waals surface area (Å²) in [6, 6.07) is 0. The van der Waals surface area contributed by atoms with Crippen molar-refractivity contribution in [2.45, 2.75) is 32.6 Å². The third kappa shape index (κ3) is 1.60. The average molecular weight is 248 g/mol. The van der Waals surface area contributed by atoms with Crippen LogP contribution in [0.1, 0.15) is 25.3 Å². The Labute approximate surface area is 103 Å². The van der Waals surface area contributed by atoms with Gasteiger partial charge in [0.25, 0.3) is 0 Å². The molecule has 1 aliphatic rings. The summed E-state index contributed by atoms with van der Waals surface area (Å²) in [6.07, 6.45) is 4.30. The van der Waals surface area contributed by atoms with Gasteiger partial charge >= 0.3 is 0 Å². The van der Waals surface area contributed by atoms with E-state index in [2.05, 4.69) is 15.0 Å². The number of imidazole rings is 1. The number of rotatable bonds is 2. The van der Waals surface area contributed by atoms with E-state index in [4.69, 9.17) is 4.74 Å². The number of hydrogen-bond acceptors (Lipinski definition) is 4. The van der Waals surface area contributed by atoms with Crippen LogP contribution >= 0.6 is 0 Å². The Kier molecular flexibility index (Phi) is 2.59. The van der Waals surface area contributed by atoms with E-state index in [1.807, 2.05) is 13.8 Å². The van der Waals surface area contributed by atoms with Gasteiger partial charge in [0.2, 0.25) is 0 Å². The molecule has 5 nitrogen and oxygen atoms in total. The highest BCUT2D eigenvalue weighted by molar-refractivity contribution is 5.72. The Balaban J connectivity index is 2.06. The highest BCUT2D eigenvalue weighted by atomic mass is 19.1. The van der Waals surface area contributed by atoms with Gasteiger partial charge in [-0.2, -0.15) is 0 Å². The molecule has 0 bridgehead atoms. The molecule has 18 heavy (non-hydrogen) atoms. The highest BCUT2D eigenvalue weighted by Gasteiger charge is 2.29. The zero-order valence-corrected chi connectivity index (χ0v) is 10.2. The van der Waals surface area contributed by atoms with Crippen LogP contribution in [0.25, 0.3) is 11.2 Å². The van der Waals surface area contributed by atoms with Gasteiger partial charge in [0, 0.05) is 0 Å². The van der Waals surface area contributed by atoms with Gasteiger partial charge in [0.1, 0.15) is 17.7 Å². The quantitative estimate of drug-likeness (QED) is 0.818. The first-order valence-electron chi connectivity index (χ1n) is 5.87. The molecule has 0 unspecified atom stereocenters. The molecule has 94 valence electrons. The van der Waals surface area contributed by atoms with Crippen molar-refractivity contribution in [3.8, 4) is 0 Å². The predicted molar refractivity (Wildman–Crippen MR) is 63.5 cm³/mol. The number of nitrogens with zero attached hydrogens (tertiary/aromatic N) is 4. The van der Waals surface area contributed by atoms with Gasteiger partial charge in [-0.3, -0.25) is 4.57 Å². The SMILES string of the molecule is CC[C@H]1C=C(F)[C@@H](n2cnc3c(C)ncnc32)O1. The highest BCUT2D eigenvalue weighted by Crippen LogP contribution is 2.32. The molecule has 6 heteroatoms. The molecule has 0 saturated carbocycles. The van der Waals surface area contributed by atoms with E-state index in [9.17, 15) is 4.39 Å². The largest absolute Gasteiger partial charge is 0.344 e. The maximum absolute atomic E-state index is 13.9. The van der Waals surface area contributed by atoms with Crippen molar-refractivity contribution in [3.05, 3.63) is 30.3 Å². The Morgan fingerprint density at radius 3 is 2.94 bits per heavy atom. The number of ether oxygens (including phenoxy) is 1. The van der Waals surface area contributed by atoms with Crippen LogP contribution in [0, 0.1) is 6.92 Å². The van der Waals surface area contributed by atoms with Crippen LogP contribution < -0.4 is 0 Å². The molecule has 0 fully saturated rings. The van der Waals surface area contributed by atoms with Crippen LogP contribution in [0.3, 0.4) is 0 Å². The van der Waals surface area contributed by atoms with Gasteiger partial charge in [-0.05, 0) is 19.4 Å². The van der Waals surface area contributed by atoms with Gasteiger partial charge in [-0.15, -0.1) is 0 Å². The minimum absolute atomic E-state index is 0.185. The summed E-state index contributed by atoms with van der Waals surface area (Å²) >= 11 is 0. The zero-order valence-electron chi connectivity index (χ0n) is 10.2. The standard InChI is InChI=1S/C12H13FN4O/c1-3-8-4-9(13)12(18-8)17-6-16-10-7(2)14-5-15-11(10)17/h4-6,8,12H,3H2,1-2H3/t8-,12-/m0/s1. The van der Waals surface area contributed by atoms with Crippen molar-refractivity contribution >= 4 is 11.2 Å². The van der Waals surface area contributed by atoms with E-state index in [0.29, 0.717) is 11.2 Å². The normalized spacial score (nSPS) is 23.6. The maximum atomic E-state index is 13.9. The predicted octanol–water partition coefficient (Wildman–Crippen LogP) is 2.30. The van der Waals surface area contributed by atoms with E-state index in [1.54, 1.807) is 10.9 Å². The number of halogens is 1. The van der Waals surface area contributed by atoms with Crippen LogP contribution in [0.15, 0.2) is 24.6 Å². The van der Waals surface area contributed by atoms with Crippen molar-refractivity contribution in [1.82, 2.24) is 19.5 Å². The smallest absolute Gasteiger partial charge is 0.189 e. The van der Waals surface area contributed by atoms with E-state index in [-0.39, 0.29) is 11.9 Å². The average Bonchev–Trinajstić information content (AvgIpc) is 2.93. The molecule has 1 aliphatic heterocycles. The number of hydrogen-bond donors (Lipinski definition) is 0. The molecular weight excluding hydrogens is 235 g/mol. The minimum Gasteiger partial charge on any atom is -0.344 e. The molecule has 0 N–H and O–H groups in total. The summed E-state index contributed by atoms with van der Waals surface area (Å²) in [5, 5.41) is 0. The fraction of sp³-hybridized carbons (Fsp3) is 0.417. The van der Waals surface area contributed by atoms with Gasteiger partial charge < -0.3 is 4.74 Å². The first kappa shape index (κ1) is 11.3. The van der Waals surface area contributed by atoms with Crippen LogP contribution in [0.2, 0.25) is 0 Å². The number of aromatic nitrogens is 4. The molecule has 0 aromatic carbocycles. The Morgan fingerprint density at radius 2 is 2.22 bits per heavy atom. The van der Waals surface area contributed by atoms with Crippen LogP contribution in [-0.4, -0.2) is 25.6 Å². The number of aryl methyl sites for hydroxylation is 1. The van der Waals surface area contributed by atoms with Crippen LogP contribution in [0.4, 0.5) is 4.39 Å². The summed E-state index contributed by atoms with van der Waals surface area (Å²) in [7, 11) is 0. The minimum atomic E-state index is -0.755. The summed E-state index contributed by atoms with van der Waals surface area (Å²) in [5.74, 6) is -0.294. The molecule has 0 aliphatic carbocycles. The molecule has 0 amide bonds. The first-order valence-corrected chi connectivity index (χ1v) is 5.87. The van der Waals surface area contributed by atoms with Crippen molar-refractivity contribution in [2.75, 3.05) is 0 Å². The van der Waals surface area contributed by atoms with Crippen LogP contribution in [0.5, 0.6) is 0 Å². The topological polar surface area (TPSA) is 52.8 Å². The fourth-order valence-corrected chi connectivity index (χ4v) is 2.08. The summed E-state index contributed by atoms with van der Waals surface area (Å²) in [6.45, 7) is 3.80. The lowest BCUT2D eigenvalue weighted by molar-refractivity contribution is 0.00484. The third-order valence-electron chi connectivity index (χ3n) is 3.08. The van der Waals surface area contributed by atoms with Gasteiger partial charge in [-0.25, -0.2) is 19.3 Å². The molecule has 2 aromatic rings. The van der Waals surface area contributed by atoms with E-state index < -0.39 is 6.23 Å². The van der Waals surface area contributed by atoms with Crippen molar-refractivity contribution in [2.24, 2.45) is 0 Å². The van der Waals surface area contributed by atoms with E-state index in [0.717, 1.165) is 12.1 Å². The lowest BCUT2D eigenvalue weighted by atomic mass is 10.3. The summed E-state index contributed by atoms with van der Waals surface area (Å²) in [5.41, 5.74) is 2.04. The monoisotopic (exact) mass is 248 g/mol. The van der Waals surface area contributed by atoms with Gasteiger partial charge in [-0.1, -0.05) is 6.92 Å².